The minimum absolute atomic E-state index is 0.124. The van der Waals surface area contributed by atoms with Crippen LogP contribution in [0.1, 0.15) is 31.9 Å². The van der Waals surface area contributed by atoms with Gasteiger partial charge in [0.15, 0.2) is 0 Å². The van der Waals surface area contributed by atoms with Gasteiger partial charge in [0.05, 0.1) is 17.0 Å². The molecule has 1 aromatic rings. The second kappa shape index (κ2) is 10.1. The zero-order valence-corrected chi connectivity index (χ0v) is 18.2. The normalized spacial score (nSPS) is 17.5. The van der Waals surface area contributed by atoms with E-state index in [4.69, 9.17) is 11.6 Å². The van der Waals surface area contributed by atoms with Gasteiger partial charge in [-0.25, -0.2) is 22.7 Å². The molecule has 1 aliphatic heterocycles. The minimum Gasteiger partial charge on any atom is -0.351 e. The average Bonchev–Trinajstić information content (AvgIpc) is 2.71. The number of hydrogen-bond donors (Lipinski definition) is 1. The van der Waals surface area contributed by atoms with Gasteiger partial charge in [0.1, 0.15) is 6.33 Å². The molecule has 2 rings (SSSR count). The molecule has 0 saturated carbocycles. The first-order valence-corrected chi connectivity index (χ1v) is 11.4. The number of halogens is 1. The molecule has 29 heavy (non-hydrogen) atoms. The van der Waals surface area contributed by atoms with E-state index in [2.05, 4.69) is 28.4 Å². The van der Waals surface area contributed by atoms with Gasteiger partial charge in [0.2, 0.25) is 10.0 Å². The molecule has 9 heteroatoms. The fourth-order valence-corrected chi connectivity index (χ4v) is 5.12. The summed E-state index contributed by atoms with van der Waals surface area (Å²) in [7, 11) is -3.27. The number of piperidine rings is 1. The standard InChI is InChI=1S/C20H27ClN4O3S/c1-4-6-17(16(3)21)19(26)23-14-20(18-7-10-22-15-24-18)8-11-25(12-9-20)29(27,28)13-5-2/h4,6-7,10,15H,1,3,5,8-9,11-14H2,2H3,(H,23,26)/b17-6+. The quantitative estimate of drug-likeness (QED) is 0.472. The van der Waals surface area contributed by atoms with E-state index in [1.807, 2.05) is 13.0 Å². The van der Waals surface area contributed by atoms with Crippen LogP contribution in [0.3, 0.4) is 0 Å². The predicted molar refractivity (Wildman–Crippen MR) is 115 cm³/mol. The summed E-state index contributed by atoms with van der Waals surface area (Å²) in [5, 5.41) is 3.03. The van der Waals surface area contributed by atoms with Crippen molar-refractivity contribution in [3.63, 3.8) is 0 Å². The van der Waals surface area contributed by atoms with Crippen molar-refractivity contribution in [2.45, 2.75) is 31.6 Å². The van der Waals surface area contributed by atoms with Crippen molar-refractivity contribution in [3.8, 4) is 0 Å². The Labute approximate surface area is 177 Å². The summed E-state index contributed by atoms with van der Waals surface area (Å²) >= 11 is 5.92. The number of aromatic nitrogens is 2. The van der Waals surface area contributed by atoms with Crippen LogP contribution in [0.2, 0.25) is 0 Å². The Morgan fingerprint density at radius 3 is 2.62 bits per heavy atom. The third-order valence-electron chi connectivity index (χ3n) is 5.07. The van der Waals surface area contributed by atoms with Crippen LogP contribution in [0, 0.1) is 0 Å². The Hall–Kier alpha value is -2.03. The molecule has 0 spiro atoms. The number of amides is 1. The summed E-state index contributed by atoms with van der Waals surface area (Å²) in [4.78, 5) is 20.9. The molecule has 0 bridgehead atoms. The molecule has 7 nitrogen and oxygen atoms in total. The first-order valence-electron chi connectivity index (χ1n) is 9.46. The second-order valence-electron chi connectivity index (χ2n) is 6.99. The van der Waals surface area contributed by atoms with Crippen molar-refractivity contribution in [2.24, 2.45) is 0 Å². The van der Waals surface area contributed by atoms with Gasteiger partial charge in [0.25, 0.3) is 5.91 Å². The first-order chi connectivity index (χ1) is 13.8. The maximum absolute atomic E-state index is 12.6. The van der Waals surface area contributed by atoms with Gasteiger partial charge in [-0.15, -0.1) is 0 Å². The Morgan fingerprint density at radius 2 is 2.10 bits per heavy atom. The second-order valence-corrected chi connectivity index (χ2v) is 9.54. The lowest BCUT2D eigenvalue weighted by Crippen LogP contribution is -2.51. The summed E-state index contributed by atoms with van der Waals surface area (Å²) in [6.45, 7) is 10.1. The molecule has 1 saturated heterocycles. The highest BCUT2D eigenvalue weighted by Gasteiger charge is 2.40. The lowest BCUT2D eigenvalue weighted by molar-refractivity contribution is -0.117. The van der Waals surface area contributed by atoms with Crippen molar-refractivity contribution in [2.75, 3.05) is 25.4 Å². The molecule has 0 unspecified atom stereocenters. The SMILES string of the molecule is C=C/C=C(\C(=C)Cl)C(=O)NCC1(c2ccncn2)CCN(S(=O)(=O)CCC)CC1. The number of nitrogens with one attached hydrogen (secondary N) is 1. The molecule has 158 valence electrons. The van der Waals surface area contributed by atoms with E-state index in [0.29, 0.717) is 38.9 Å². The van der Waals surface area contributed by atoms with Gasteiger partial charge >= 0.3 is 0 Å². The summed E-state index contributed by atoms with van der Waals surface area (Å²) in [5.41, 5.74) is 0.519. The van der Waals surface area contributed by atoms with E-state index in [9.17, 15) is 13.2 Å². The highest BCUT2D eigenvalue weighted by atomic mass is 35.5. The van der Waals surface area contributed by atoms with E-state index in [1.54, 1.807) is 6.20 Å². The van der Waals surface area contributed by atoms with Crippen molar-refractivity contribution >= 4 is 27.5 Å². The van der Waals surface area contributed by atoms with Gasteiger partial charge in [-0.2, -0.15) is 0 Å². The van der Waals surface area contributed by atoms with E-state index in [-0.39, 0.29) is 22.3 Å². The molecule has 1 N–H and O–H groups in total. The van der Waals surface area contributed by atoms with Crippen LogP contribution in [0.15, 0.2) is 54.5 Å². The van der Waals surface area contributed by atoms with Crippen molar-refractivity contribution in [1.29, 1.82) is 0 Å². The number of sulfonamides is 1. The topological polar surface area (TPSA) is 92.3 Å². The Balaban J connectivity index is 2.22. The molecular formula is C20H27ClN4O3S. The van der Waals surface area contributed by atoms with Crippen LogP contribution < -0.4 is 5.32 Å². The number of allylic oxidation sites excluding steroid dienone is 2. The molecular weight excluding hydrogens is 412 g/mol. The van der Waals surface area contributed by atoms with Crippen LogP contribution in [-0.4, -0.2) is 54.0 Å². The molecule has 0 aliphatic carbocycles. The van der Waals surface area contributed by atoms with Gasteiger partial charge < -0.3 is 5.32 Å². The Kier molecular flexibility index (Phi) is 8.13. The molecule has 0 aromatic carbocycles. The lowest BCUT2D eigenvalue weighted by Gasteiger charge is -2.41. The monoisotopic (exact) mass is 438 g/mol. The van der Waals surface area contributed by atoms with Crippen LogP contribution >= 0.6 is 11.6 Å². The van der Waals surface area contributed by atoms with Crippen LogP contribution in [-0.2, 0) is 20.2 Å². The van der Waals surface area contributed by atoms with Gasteiger partial charge in [0, 0.05) is 36.3 Å². The number of rotatable bonds is 9. The minimum atomic E-state index is -3.27. The molecule has 0 radical (unpaired) electrons. The highest BCUT2D eigenvalue weighted by molar-refractivity contribution is 7.89. The van der Waals surface area contributed by atoms with Crippen molar-refractivity contribution in [3.05, 3.63) is 60.2 Å². The molecule has 1 fully saturated rings. The Bertz CT molecular complexity index is 876. The lowest BCUT2D eigenvalue weighted by atomic mass is 9.75. The predicted octanol–water partition coefficient (Wildman–Crippen LogP) is 2.53. The zero-order valence-electron chi connectivity index (χ0n) is 16.6. The van der Waals surface area contributed by atoms with Crippen LogP contribution in [0.4, 0.5) is 0 Å². The molecule has 0 atom stereocenters. The zero-order chi connectivity index (χ0) is 21.5. The van der Waals surface area contributed by atoms with Crippen molar-refractivity contribution in [1.82, 2.24) is 19.6 Å². The largest absolute Gasteiger partial charge is 0.351 e. The van der Waals surface area contributed by atoms with E-state index < -0.39 is 15.4 Å². The summed E-state index contributed by atoms with van der Waals surface area (Å²) < 4.78 is 26.4. The van der Waals surface area contributed by atoms with Gasteiger partial charge in [-0.3, -0.25) is 4.79 Å². The van der Waals surface area contributed by atoms with Crippen molar-refractivity contribution < 1.29 is 13.2 Å². The number of nitrogens with zero attached hydrogens (tertiary/aromatic N) is 3. The molecule has 1 amide bonds. The van der Waals surface area contributed by atoms with Crippen LogP contribution in [0.25, 0.3) is 0 Å². The van der Waals surface area contributed by atoms with E-state index >= 15 is 0 Å². The molecule has 2 heterocycles. The summed E-state index contributed by atoms with van der Waals surface area (Å²) in [6.07, 6.45) is 7.73. The summed E-state index contributed by atoms with van der Waals surface area (Å²) in [6, 6.07) is 1.81. The fourth-order valence-electron chi connectivity index (χ4n) is 3.46. The fraction of sp³-hybridized carbons (Fsp3) is 0.450. The maximum atomic E-state index is 12.6. The average molecular weight is 439 g/mol. The molecule has 1 aliphatic rings. The van der Waals surface area contributed by atoms with Crippen LogP contribution in [0.5, 0.6) is 0 Å². The maximum Gasteiger partial charge on any atom is 0.252 e. The Morgan fingerprint density at radius 1 is 1.41 bits per heavy atom. The van der Waals surface area contributed by atoms with E-state index in [0.717, 1.165) is 5.69 Å². The highest BCUT2D eigenvalue weighted by Crippen LogP contribution is 2.35. The number of carbonyl (C=O) groups is 1. The third kappa shape index (κ3) is 5.74. The smallest absolute Gasteiger partial charge is 0.252 e. The third-order valence-corrected chi connectivity index (χ3v) is 7.35. The number of carbonyl (C=O) groups excluding carboxylic acids is 1. The van der Waals surface area contributed by atoms with Gasteiger partial charge in [-0.05, 0) is 31.4 Å². The van der Waals surface area contributed by atoms with Gasteiger partial charge in [-0.1, -0.05) is 37.8 Å². The first kappa shape index (κ1) is 23.3. The van der Waals surface area contributed by atoms with E-state index in [1.165, 1.54) is 22.8 Å². The number of hydrogen-bond acceptors (Lipinski definition) is 5. The summed E-state index contributed by atoms with van der Waals surface area (Å²) in [5.74, 6) is -0.225. The molecule has 1 aromatic heterocycles.